The smallest absolute Gasteiger partial charge is 0.270 e. The molecule has 1 atom stereocenters. The number of aryl methyl sites for hydroxylation is 1. The van der Waals surface area contributed by atoms with Gasteiger partial charge in [-0.25, -0.2) is 13.4 Å². The number of amides is 1. The van der Waals surface area contributed by atoms with E-state index in [1.807, 2.05) is 18.2 Å². The van der Waals surface area contributed by atoms with Crippen molar-refractivity contribution >= 4 is 27.1 Å². The molecule has 0 saturated carbocycles. The molecule has 2 heterocycles. The van der Waals surface area contributed by atoms with Crippen molar-refractivity contribution in [3.8, 4) is 0 Å². The molecule has 1 aliphatic heterocycles. The van der Waals surface area contributed by atoms with Crippen molar-refractivity contribution in [3.05, 3.63) is 53.9 Å². The first-order valence-corrected chi connectivity index (χ1v) is 10.1. The molecule has 1 aliphatic rings. The van der Waals surface area contributed by atoms with Crippen molar-refractivity contribution in [2.24, 2.45) is 0 Å². The van der Waals surface area contributed by atoms with Crippen LogP contribution in [0.4, 0.5) is 11.4 Å². The van der Waals surface area contributed by atoms with Crippen LogP contribution < -0.4 is 10.6 Å². The molecule has 1 aromatic carbocycles. The van der Waals surface area contributed by atoms with Gasteiger partial charge < -0.3 is 10.6 Å². The Labute approximate surface area is 147 Å². The van der Waals surface area contributed by atoms with E-state index in [4.69, 9.17) is 0 Å². The van der Waals surface area contributed by atoms with Crippen molar-refractivity contribution in [1.29, 1.82) is 0 Å². The Bertz CT molecular complexity index is 863. The number of aromatic nitrogens is 1. The topological polar surface area (TPSA) is 88.2 Å². The van der Waals surface area contributed by atoms with E-state index in [9.17, 15) is 13.2 Å². The fraction of sp³-hybridized carbons (Fsp3) is 0.333. The largest absolute Gasteiger partial charge is 0.354 e. The first-order chi connectivity index (χ1) is 12.0. The molecular weight excluding hydrogens is 338 g/mol. The fourth-order valence-corrected chi connectivity index (χ4v) is 4.55. The summed E-state index contributed by atoms with van der Waals surface area (Å²) in [5, 5.41) is 6.04. The van der Waals surface area contributed by atoms with Gasteiger partial charge in [0.1, 0.15) is 5.69 Å². The normalized spacial score (nSPS) is 18.7. The van der Waals surface area contributed by atoms with E-state index < -0.39 is 9.84 Å². The van der Waals surface area contributed by atoms with Crippen LogP contribution in [0.5, 0.6) is 0 Å². The number of rotatable bonds is 5. The Kier molecular flexibility index (Phi) is 5.03. The minimum Gasteiger partial charge on any atom is -0.354 e. The van der Waals surface area contributed by atoms with E-state index in [2.05, 4.69) is 28.6 Å². The molecule has 132 valence electrons. The summed E-state index contributed by atoms with van der Waals surface area (Å²) in [6, 6.07) is 11.1. The van der Waals surface area contributed by atoms with Crippen LogP contribution >= 0.6 is 0 Å². The fourth-order valence-electron chi connectivity index (χ4n) is 2.88. The highest BCUT2D eigenvalue weighted by Crippen LogP contribution is 2.21. The number of sulfone groups is 1. The van der Waals surface area contributed by atoms with Crippen LogP contribution in [0.3, 0.4) is 0 Å². The summed E-state index contributed by atoms with van der Waals surface area (Å²) in [5.74, 6) is -0.209. The van der Waals surface area contributed by atoms with Crippen LogP contribution in [0.1, 0.15) is 29.4 Å². The van der Waals surface area contributed by atoms with E-state index in [1.54, 1.807) is 18.3 Å². The summed E-state index contributed by atoms with van der Waals surface area (Å²) in [6.45, 7) is 2.09. The second kappa shape index (κ2) is 7.23. The summed E-state index contributed by atoms with van der Waals surface area (Å²) >= 11 is 0. The maximum atomic E-state index is 12.2. The number of nitrogens with one attached hydrogen (secondary N) is 2. The van der Waals surface area contributed by atoms with Gasteiger partial charge in [-0.05, 0) is 36.6 Å². The Balaban J connectivity index is 1.65. The second-order valence-electron chi connectivity index (χ2n) is 6.14. The van der Waals surface area contributed by atoms with Crippen molar-refractivity contribution in [2.45, 2.75) is 25.8 Å². The van der Waals surface area contributed by atoms with Crippen LogP contribution in [0.2, 0.25) is 0 Å². The summed E-state index contributed by atoms with van der Waals surface area (Å²) < 4.78 is 22.9. The molecule has 1 aromatic heterocycles. The molecule has 25 heavy (non-hydrogen) atoms. The summed E-state index contributed by atoms with van der Waals surface area (Å²) in [5.41, 5.74) is 3.28. The lowest BCUT2D eigenvalue weighted by Crippen LogP contribution is -2.36. The third-order valence-electron chi connectivity index (χ3n) is 4.24. The molecule has 2 N–H and O–H groups in total. The quantitative estimate of drug-likeness (QED) is 0.855. The van der Waals surface area contributed by atoms with Gasteiger partial charge in [-0.1, -0.05) is 25.1 Å². The maximum Gasteiger partial charge on any atom is 0.270 e. The van der Waals surface area contributed by atoms with Crippen LogP contribution in [-0.2, 0) is 16.3 Å². The zero-order chi connectivity index (χ0) is 17.9. The lowest BCUT2D eigenvalue weighted by Gasteiger charge is -2.12. The molecule has 1 amide bonds. The standard InChI is InChI=1S/C18H21N3O3S/c1-2-13-5-3-4-6-16(13)20-14-7-8-17(19-11-14)18(22)21-15-9-10-25(23,24)12-15/h3-8,11,15,20H,2,9-10,12H2,1H3,(H,21,22). The second-order valence-corrected chi connectivity index (χ2v) is 8.37. The number of hydrogen-bond acceptors (Lipinski definition) is 5. The van der Waals surface area contributed by atoms with Gasteiger partial charge >= 0.3 is 0 Å². The Morgan fingerprint density at radius 1 is 1.24 bits per heavy atom. The molecular formula is C18H21N3O3S. The average Bonchev–Trinajstić information content (AvgIpc) is 2.94. The van der Waals surface area contributed by atoms with E-state index >= 15 is 0 Å². The highest BCUT2D eigenvalue weighted by atomic mass is 32.2. The van der Waals surface area contributed by atoms with Crippen LogP contribution in [0, 0.1) is 0 Å². The lowest BCUT2D eigenvalue weighted by molar-refractivity contribution is 0.0936. The van der Waals surface area contributed by atoms with Gasteiger partial charge in [0.05, 0.1) is 23.4 Å². The van der Waals surface area contributed by atoms with E-state index in [-0.39, 0.29) is 29.1 Å². The van der Waals surface area contributed by atoms with E-state index in [0.717, 1.165) is 17.8 Å². The van der Waals surface area contributed by atoms with Crippen LogP contribution in [0.15, 0.2) is 42.6 Å². The summed E-state index contributed by atoms with van der Waals surface area (Å²) in [6.07, 6.45) is 2.98. The molecule has 1 fully saturated rings. The molecule has 6 nitrogen and oxygen atoms in total. The molecule has 0 bridgehead atoms. The highest BCUT2D eigenvalue weighted by Gasteiger charge is 2.29. The molecule has 7 heteroatoms. The number of nitrogens with zero attached hydrogens (tertiary/aromatic N) is 1. The molecule has 1 unspecified atom stereocenters. The minimum atomic E-state index is -3.02. The molecule has 0 aliphatic carbocycles. The van der Waals surface area contributed by atoms with E-state index in [1.165, 1.54) is 5.56 Å². The van der Waals surface area contributed by atoms with Gasteiger partial charge in [-0.15, -0.1) is 0 Å². The molecule has 2 aromatic rings. The number of benzene rings is 1. The zero-order valence-electron chi connectivity index (χ0n) is 14.0. The molecule has 1 saturated heterocycles. The number of hydrogen-bond donors (Lipinski definition) is 2. The number of anilines is 2. The van der Waals surface area contributed by atoms with Gasteiger partial charge in [0, 0.05) is 11.7 Å². The highest BCUT2D eigenvalue weighted by molar-refractivity contribution is 7.91. The number of carbonyl (C=O) groups is 1. The van der Waals surface area contributed by atoms with Crippen LogP contribution in [-0.4, -0.2) is 36.9 Å². The molecule has 3 rings (SSSR count). The Morgan fingerprint density at radius 3 is 2.68 bits per heavy atom. The monoisotopic (exact) mass is 359 g/mol. The third kappa shape index (κ3) is 4.36. The van der Waals surface area contributed by atoms with Gasteiger partial charge in [0.15, 0.2) is 9.84 Å². The van der Waals surface area contributed by atoms with Gasteiger partial charge in [0.25, 0.3) is 5.91 Å². The maximum absolute atomic E-state index is 12.2. The predicted octanol–water partition coefficient (Wildman–Crippen LogP) is 2.30. The zero-order valence-corrected chi connectivity index (χ0v) is 14.8. The third-order valence-corrected chi connectivity index (χ3v) is 6.01. The van der Waals surface area contributed by atoms with Gasteiger partial charge in [0.2, 0.25) is 0 Å². The molecule has 0 radical (unpaired) electrons. The van der Waals surface area contributed by atoms with Crippen molar-refractivity contribution in [3.63, 3.8) is 0 Å². The number of pyridine rings is 1. The first-order valence-electron chi connectivity index (χ1n) is 8.29. The number of para-hydroxylation sites is 1. The van der Waals surface area contributed by atoms with E-state index in [0.29, 0.717) is 6.42 Å². The Hall–Kier alpha value is -2.41. The van der Waals surface area contributed by atoms with Crippen molar-refractivity contribution < 1.29 is 13.2 Å². The summed E-state index contributed by atoms with van der Waals surface area (Å²) in [7, 11) is -3.02. The SMILES string of the molecule is CCc1ccccc1Nc1ccc(C(=O)NC2CCS(=O)(=O)C2)nc1. The minimum absolute atomic E-state index is 0.00613. The number of carbonyl (C=O) groups excluding carboxylic acids is 1. The van der Waals surface area contributed by atoms with Crippen molar-refractivity contribution in [1.82, 2.24) is 10.3 Å². The first kappa shape index (κ1) is 17.4. The van der Waals surface area contributed by atoms with Gasteiger partial charge in [-0.3, -0.25) is 4.79 Å². The van der Waals surface area contributed by atoms with Gasteiger partial charge in [-0.2, -0.15) is 0 Å². The molecule has 0 spiro atoms. The van der Waals surface area contributed by atoms with Crippen molar-refractivity contribution in [2.75, 3.05) is 16.8 Å². The Morgan fingerprint density at radius 2 is 2.04 bits per heavy atom. The average molecular weight is 359 g/mol. The lowest BCUT2D eigenvalue weighted by atomic mass is 10.1. The van der Waals surface area contributed by atoms with Crippen LogP contribution in [0.25, 0.3) is 0 Å². The predicted molar refractivity (Wildman–Crippen MR) is 97.9 cm³/mol. The summed E-state index contributed by atoms with van der Waals surface area (Å²) in [4.78, 5) is 16.4.